The van der Waals surface area contributed by atoms with Crippen LogP contribution >= 0.6 is 11.3 Å². The number of hydrogen-bond acceptors (Lipinski definition) is 5. The second-order valence-electron chi connectivity index (χ2n) is 6.32. The number of urea groups is 1. The fourth-order valence-electron chi connectivity index (χ4n) is 2.81. The average molecular weight is 405 g/mol. The van der Waals surface area contributed by atoms with E-state index in [-0.39, 0.29) is 11.8 Å². The first-order chi connectivity index (χ1) is 13.3. The van der Waals surface area contributed by atoms with Crippen molar-refractivity contribution >= 4 is 40.0 Å². The van der Waals surface area contributed by atoms with Crippen LogP contribution in [0.4, 0.5) is 20.0 Å². The van der Waals surface area contributed by atoms with E-state index in [4.69, 9.17) is 0 Å². The van der Waals surface area contributed by atoms with Crippen LogP contribution in [0.2, 0.25) is 0 Å². The van der Waals surface area contributed by atoms with Gasteiger partial charge in [0, 0.05) is 38.8 Å². The minimum absolute atomic E-state index is 0.000257. The summed E-state index contributed by atoms with van der Waals surface area (Å²) in [6.07, 6.45) is 0. The number of carbonyl (C=O) groups is 3. The van der Waals surface area contributed by atoms with Crippen LogP contribution in [0.3, 0.4) is 0 Å². The molecule has 0 bridgehead atoms. The predicted molar refractivity (Wildman–Crippen MR) is 104 cm³/mol. The zero-order valence-corrected chi connectivity index (χ0v) is 16.3. The van der Waals surface area contributed by atoms with Gasteiger partial charge in [0.1, 0.15) is 10.7 Å². The zero-order chi connectivity index (χ0) is 20.3. The number of nitrogens with one attached hydrogen (secondary N) is 2. The average Bonchev–Trinajstić information content (AvgIpc) is 3.03. The Morgan fingerprint density at radius 1 is 1.04 bits per heavy atom. The standard InChI is InChI=1S/C18H20FN5O3S/c1-11-15(16(26)24-9-7-23(8-10-24)12(2)25)28-18(20-11)22-17(27)21-14-5-3-13(19)4-6-14/h3-6H,7-10H2,1-2H3,(H2,20,21,22,27). The Balaban J connectivity index is 1.61. The van der Waals surface area contributed by atoms with Crippen LogP contribution < -0.4 is 10.6 Å². The van der Waals surface area contributed by atoms with Crippen LogP contribution in [0.5, 0.6) is 0 Å². The van der Waals surface area contributed by atoms with Crippen LogP contribution in [-0.4, -0.2) is 58.8 Å². The van der Waals surface area contributed by atoms with Gasteiger partial charge in [0.2, 0.25) is 5.91 Å². The Morgan fingerprint density at radius 3 is 2.25 bits per heavy atom. The van der Waals surface area contributed by atoms with Crippen molar-refractivity contribution in [2.45, 2.75) is 13.8 Å². The highest BCUT2D eigenvalue weighted by molar-refractivity contribution is 7.17. The van der Waals surface area contributed by atoms with Crippen molar-refractivity contribution in [3.8, 4) is 0 Å². The normalized spacial score (nSPS) is 14.0. The number of halogens is 1. The van der Waals surface area contributed by atoms with Gasteiger partial charge in [-0.3, -0.25) is 14.9 Å². The van der Waals surface area contributed by atoms with Gasteiger partial charge in [0.25, 0.3) is 5.91 Å². The molecular weight excluding hydrogens is 385 g/mol. The zero-order valence-electron chi connectivity index (χ0n) is 15.5. The van der Waals surface area contributed by atoms with Crippen molar-refractivity contribution in [3.05, 3.63) is 40.7 Å². The summed E-state index contributed by atoms with van der Waals surface area (Å²) in [6.45, 7) is 5.15. The van der Waals surface area contributed by atoms with Crippen molar-refractivity contribution < 1.29 is 18.8 Å². The molecule has 0 spiro atoms. The number of anilines is 2. The summed E-state index contributed by atoms with van der Waals surface area (Å²) in [6, 6.07) is 4.83. The predicted octanol–water partition coefficient (Wildman–Crippen LogP) is 2.54. The molecule has 1 aromatic heterocycles. The summed E-state index contributed by atoms with van der Waals surface area (Å²) in [5.41, 5.74) is 0.966. The first-order valence-corrected chi connectivity index (χ1v) is 9.51. The van der Waals surface area contributed by atoms with E-state index >= 15 is 0 Å². The summed E-state index contributed by atoms with van der Waals surface area (Å²) in [5.74, 6) is -0.557. The van der Waals surface area contributed by atoms with Crippen LogP contribution in [-0.2, 0) is 4.79 Å². The van der Waals surface area contributed by atoms with Crippen LogP contribution in [0.1, 0.15) is 22.3 Å². The Morgan fingerprint density at radius 2 is 1.64 bits per heavy atom. The first kappa shape index (κ1) is 19.7. The Hall–Kier alpha value is -3.01. The molecule has 0 unspecified atom stereocenters. The number of piperazine rings is 1. The van der Waals surface area contributed by atoms with Crippen molar-refractivity contribution in [1.82, 2.24) is 14.8 Å². The van der Waals surface area contributed by atoms with E-state index in [2.05, 4.69) is 15.6 Å². The van der Waals surface area contributed by atoms with Gasteiger partial charge in [-0.05, 0) is 31.2 Å². The molecule has 8 nitrogen and oxygen atoms in total. The van der Waals surface area contributed by atoms with E-state index in [0.29, 0.717) is 47.6 Å². The van der Waals surface area contributed by atoms with E-state index in [1.165, 1.54) is 31.2 Å². The van der Waals surface area contributed by atoms with Crippen LogP contribution in [0.15, 0.2) is 24.3 Å². The molecule has 2 N–H and O–H groups in total. The maximum atomic E-state index is 12.9. The number of carbonyl (C=O) groups excluding carboxylic acids is 3. The molecule has 1 aliphatic heterocycles. The summed E-state index contributed by atoms with van der Waals surface area (Å²) in [7, 11) is 0. The van der Waals surface area contributed by atoms with E-state index in [9.17, 15) is 18.8 Å². The Bertz CT molecular complexity index is 891. The van der Waals surface area contributed by atoms with Crippen LogP contribution in [0.25, 0.3) is 0 Å². The minimum Gasteiger partial charge on any atom is -0.339 e. The van der Waals surface area contributed by atoms with E-state index in [1.807, 2.05) is 0 Å². The van der Waals surface area contributed by atoms with Crippen LogP contribution in [0, 0.1) is 12.7 Å². The van der Waals surface area contributed by atoms with Crippen molar-refractivity contribution in [1.29, 1.82) is 0 Å². The molecule has 148 valence electrons. The van der Waals surface area contributed by atoms with Gasteiger partial charge in [0.15, 0.2) is 5.13 Å². The molecule has 10 heteroatoms. The number of aromatic nitrogens is 1. The molecule has 4 amide bonds. The van der Waals surface area contributed by atoms with Gasteiger partial charge in [-0.2, -0.15) is 0 Å². The second-order valence-corrected chi connectivity index (χ2v) is 7.32. The number of aryl methyl sites for hydroxylation is 1. The molecule has 3 rings (SSSR count). The molecule has 0 saturated carbocycles. The highest BCUT2D eigenvalue weighted by atomic mass is 32.1. The molecule has 1 saturated heterocycles. The number of hydrogen-bond donors (Lipinski definition) is 2. The lowest BCUT2D eigenvalue weighted by Crippen LogP contribution is -2.50. The second kappa shape index (κ2) is 8.34. The number of benzene rings is 1. The molecule has 1 fully saturated rings. The van der Waals surface area contributed by atoms with Crippen molar-refractivity contribution in [2.24, 2.45) is 0 Å². The number of amides is 4. The summed E-state index contributed by atoms with van der Waals surface area (Å²) in [4.78, 5) is 44.3. The molecule has 0 radical (unpaired) electrons. The number of nitrogens with zero attached hydrogens (tertiary/aromatic N) is 3. The summed E-state index contributed by atoms with van der Waals surface area (Å²) in [5, 5.41) is 5.45. The van der Waals surface area contributed by atoms with Gasteiger partial charge < -0.3 is 15.1 Å². The quantitative estimate of drug-likeness (QED) is 0.821. The first-order valence-electron chi connectivity index (χ1n) is 8.69. The van der Waals surface area contributed by atoms with Gasteiger partial charge in [-0.25, -0.2) is 14.2 Å². The van der Waals surface area contributed by atoms with Gasteiger partial charge in [0.05, 0.1) is 5.69 Å². The smallest absolute Gasteiger partial charge is 0.325 e. The Kier molecular flexibility index (Phi) is 5.88. The highest BCUT2D eigenvalue weighted by Gasteiger charge is 2.26. The highest BCUT2D eigenvalue weighted by Crippen LogP contribution is 2.25. The van der Waals surface area contributed by atoms with Crippen molar-refractivity contribution in [3.63, 3.8) is 0 Å². The molecular formula is C18H20FN5O3S. The SMILES string of the molecule is CC(=O)N1CCN(C(=O)c2sc(NC(=O)Nc3ccc(F)cc3)nc2C)CC1. The third-order valence-corrected chi connectivity index (χ3v) is 5.39. The van der Waals surface area contributed by atoms with Gasteiger partial charge >= 0.3 is 6.03 Å². The van der Waals surface area contributed by atoms with Gasteiger partial charge in [-0.15, -0.1) is 0 Å². The fourth-order valence-corrected chi connectivity index (χ4v) is 3.74. The molecule has 0 aliphatic carbocycles. The van der Waals surface area contributed by atoms with Crippen molar-refractivity contribution in [2.75, 3.05) is 36.8 Å². The summed E-state index contributed by atoms with van der Waals surface area (Å²) < 4.78 is 12.9. The Labute approximate surface area is 165 Å². The van der Waals surface area contributed by atoms with E-state index in [0.717, 1.165) is 11.3 Å². The molecule has 28 heavy (non-hydrogen) atoms. The lowest BCUT2D eigenvalue weighted by atomic mass is 10.2. The van der Waals surface area contributed by atoms with E-state index in [1.54, 1.807) is 16.7 Å². The third-order valence-electron chi connectivity index (χ3n) is 4.33. The molecule has 1 aliphatic rings. The maximum absolute atomic E-state index is 12.9. The number of thiazole rings is 1. The minimum atomic E-state index is -0.533. The fraction of sp³-hybridized carbons (Fsp3) is 0.333. The molecule has 2 heterocycles. The monoisotopic (exact) mass is 405 g/mol. The topological polar surface area (TPSA) is 94.6 Å². The summed E-state index contributed by atoms with van der Waals surface area (Å²) >= 11 is 1.09. The van der Waals surface area contributed by atoms with Gasteiger partial charge in [-0.1, -0.05) is 11.3 Å². The lowest BCUT2D eigenvalue weighted by molar-refractivity contribution is -0.130. The molecule has 1 aromatic carbocycles. The molecule has 0 atom stereocenters. The maximum Gasteiger partial charge on any atom is 0.325 e. The lowest BCUT2D eigenvalue weighted by Gasteiger charge is -2.34. The third kappa shape index (κ3) is 4.63. The largest absolute Gasteiger partial charge is 0.339 e. The molecule has 2 aromatic rings. The number of rotatable bonds is 3. The van der Waals surface area contributed by atoms with E-state index < -0.39 is 11.8 Å².